The van der Waals surface area contributed by atoms with E-state index in [0.717, 1.165) is 11.1 Å². The van der Waals surface area contributed by atoms with Gasteiger partial charge in [0.2, 0.25) is 0 Å². The number of hydrogen-bond donors (Lipinski definition) is 0. The van der Waals surface area contributed by atoms with E-state index in [-0.39, 0.29) is 5.12 Å². The average Bonchev–Trinajstić information content (AvgIpc) is 2.12. The first-order chi connectivity index (χ1) is 6.68. The number of pyridine rings is 1. The van der Waals surface area contributed by atoms with Crippen molar-refractivity contribution < 1.29 is 4.79 Å². The van der Waals surface area contributed by atoms with Crippen molar-refractivity contribution in [3.8, 4) is 11.8 Å². The van der Waals surface area contributed by atoms with Gasteiger partial charge in [-0.3, -0.25) is 9.78 Å². The molecule has 1 aromatic heterocycles. The third kappa shape index (κ3) is 4.11. The van der Waals surface area contributed by atoms with Crippen LogP contribution in [0.25, 0.3) is 0 Å². The fourth-order valence-corrected chi connectivity index (χ4v) is 1.25. The molecule has 0 fully saturated rings. The maximum absolute atomic E-state index is 10.6. The molecule has 0 bridgehead atoms. The molecule has 1 heterocycles. The number of carbonyl (C=O) groups excluding carboxylic acids is 1. The van der Waals surface area contributed by atoms with E-state index >= 15 is 0 Å². The van der Waals surface area contributed by atoms with E-state index in [1.807, 2.05) is 13.0 Å². The highest BCUT2D eigenvalue weighted by Gasteiger charge is 1.90. The van der Waals surface area contributed by atoms with Crippen LogP contribution >= 0.6 is 11.8 Å². The average molecular weight is 205 g/mol. The SMILES string of the molecule is CC(=O)SCC#Cc1cncc(C)c1. The minimum atomic E-state index is 0.0988. The van der Waals surface area contributed by atoms with Crippen molar-refractivity contribution in [3.05, 3.63) is 29.6 Å². The lowest BCUT2D eigenvalue weighted by molar-refractivity contribution is -0.109. The van der Waals surface area contributed by atoms with Crippen LogP contribution in [0.5, 0.6) is 0 Å². The largest absolute Gasteiger partial charge is 0.288 e. The van der Waals surface area contributed by atoms with Crippen LogP contribution in [0.3, 0.4) is 0 Å². The Morgan fingerprint density at radius 3 is 3.00 bits per heavy atom. The molecule has 0 spiro atoms. The fraction of sp³-hybridized carbons (Fsp3) is 0.273. The second kappa shape index (κ2) is 5.46. The fourth-order valence-electron chi connectivity index (χ4n) is 0.899. The molecule has 3 heteroatoms. The van der Waals surface area contributed by atoms with Crippen molar-refractivity contribution in [2.24, 2.45) is 0 Å². The number of aryl methyl sites for hydroxylation is 1. The molecule has 0 N–H and O–H groups in total. The van der Waals surface area contributed by atoms with Gasteiger partial charge in [-0.1, -0.05) is 23.6 Å². The predicted octanol–water partition coefficient (Wildman–Crippen LogP) is 2.02. The van der Waals surface area contributed by atoms with Crippen LogP contribution in [0.4, 0.5) is 0 Å². The first-order valence-electron chi connectivity index (χ1n) is 4.22. The van der Waals surface area contributed by atoms with E-state index < -0.39 is 0 Å². The molecule has 0 aliphatic heterocycles. The van der Waals surface area contributed by atoms with E-state index in [2.05, 4.69) is 16.8 Å². The monoisotopic (exact) mass is 205 g/mol. The minimum Gasteiger partial charge on any atom is -0.288 e. The summed E-state index contributed by atoms with van der Waals surface area (Å²) in [5.41, 5.74) is 1.99. The Bertz CT molecular complexity index is 390. The number of aromatic nitrogens is 1. The zero-order chi connectivity index (χ0) is 10.4. The van der Waals surface area contributed by atoms with Crippen LogP contribution in [-0.2, 0) is 4.79 Å². The minimum absolute atomic E-state index is 0.0988. The Labute approximate surface area is 88.1 Å². The first kappa shape index (κ1) is 10.8. The number of hydrogen-bond acceptors (Lipinski definition) is 3. The number of thioether (sulfide) groups is 1. The van der Waals surface area contributed by atoms with Crippen LogP contribution in [0.15, 0.2) is 18.5 Å². The summed E-state index contributed by atoms with van der Waals surface area (Å²) in [5.74, 6) is 6.41. The summed E-state index contributed by atoms with van der Waals surface area (Å²) in [6, 6.07) is 1.97. The smallest absolute Gasteiger partial charge is 0.186 e. The van der Waals surface area contributed by atoms with E-state index in [1.165, 1.54) is 11.8 Å². The summed E-state index contributed by atoms with van der Waals surface area (Å²) in [7, 11) is 0. The summed E-state index contributed by atoms with van der Waals surface area (Å²) in [4.78, 5) is 14.6. The molecule has 72 valence electrons. The second-order valence-corrected chi connectivity index (χ2v) is 3.99. The Kier molecular flexibility index (Phi) is 4.21. The lowest BCUT2D eigenvalue weighted by Crippen LogP contribution is -1.83. The summed E-state index contributed by atoms with van der Waals surface area (Å²) in [6.45, 7) is 3.52. The molecule has 0 radical (unpaired) electrons. The summed E-state index contributed by atoms with van der Waals surface area (Å²) in [5, 5.41) is 0.0988. The molecule has 0 aliphatic carbocycles. The van der Waals surface area contributed by atoms with E-state index in [1.54, 1.807) is 19.3 Å². The zero-order valence-electron chi connectivity index (χ0n) is 8.20. The van der Waals surface area contributed by atoms with Gasteiger partial charge in [-0.15, -0.1) is 0 Å². The van der Waals surface area contributed by atoms with Gasteiger partial charge in [0.1, 0.15) is 0 Å². The highest BCUT2D eigenvalue weighted by molar-refractivity contribution is 8.13. The van der Waals surface area contributed by atoms with Crippen LogP contribution in [0.1, 0.15) is 18.1 Å². The quantitative estimate of drug-likeness (QED) is 0.657. The van der Waals surface area contributed by atoms with Gasteiger partial charge in [0.05, 0.1) is 5.75 Å². The van der Waals surface area contributed by atoms with Gasteiger partial charge in [-0.2, -0.15) is 0 Å². The van der Waals surface area contributed by atoms with Gasteiger partial charge in [0.15, 0.2) is 5.12 Å². The molecule has 14 heavy (non-hydrogen) atoms. The van der Waals surface area contributed by atoms with Crippen LogP contribution in [0.2, 0.25) is 0 Å². The Balaban J connectivity index is 2.55. The predicted molar refractivity (Wildman–Crippen MR) is 59.0 cm³/mol. The lowest BCUT2D eigenvalue weighted by Gasteiger charge is -1.91. The molecular formula is C11H11NOS. The third-order valence-corrected chi connectivity index (χ3v) is 2.15. The molecule has 0 aromatic carbocycles. The van der Waals surface area contributed by atoms with Crippen molar-refractivity contribution in [2.75, 3.05) is 5.75 Å². The molecule has 0 saturated carbocycles. The van der Waals surface area contributed by atoms with Crippen molar-refractivity contribution in [2.45, 2.75) is 13.8 Å². The van der Waals surface area contributed by atoms with Gasteiger partial charge in [-0.25, -0.2) is 0 Å². The Morgan fingerprint density at radius 1 is 1.57 bits per heavy atom. The summed E-state index contributed by atoms with van der Waals surface area (Å²) >= 11 is 1.22. The molecule has 0 unspecified atom stereocenters. The van der Waals surface area contributed by atoms with Crippen LogP contribution < -0.4 is 0 Å². The van der Waals surface area contributed by atoms with E-state index in [0.29, 0.717) is 5.75 Å². The molecule has 0 atom stereocenters. The standard InChI is InChI=1S/C11H11NOS/c1-9-6-11(8-12-7-9)4-3-5-14-10(2)13/h6-8H,5H2,1-2H3. The van der Waals surface area contributed by atoms with Crippen LogP contribution in [-0.4, -0.2) is 15.9 Å². The second-order valence-electron chi connectivity index (χ2n) is 2.83. The molecule has 1 aromatic rings. The van der Waals surface area contributed by atoms with E-state index in [9.17, 15) is 4.79 Å². The molecule has 0 amide bonds. The van der Waals surface area contributed by atoms with Crippen molar-refractivity contribution in [3.63, 3.8) is 0 Å². The maximum atomic E-state index is 10.6. The van der Waals surface area contributed by atoms with E-state index in [4.69, 9.17) is 0 Å². The highest BCUT2D eigenvalue weighted by atomic mass is 32.2. The van der Waals surface area contributed by atoms with Crippen molar-refractivity contribution in [1.29, 1.82) is 0 Å². The van der Waals surface area contributed by atoms with Gasteiger partial charge in [0, 0.05) is 24.9 Å². The summed E-state index contributed by atoms with van der Waals surface area (Å²) in [6.07, 6.45) is 3.51. The topological polar surface area (TPSA) is 30.0 Å². The maximum Gasteiger partial charge on any atom is 0.186 e. The normalized spacial score (nSPS) is 9.00. The van der Waals surface area contributed by atoms with Crippen molar-refractivity contribution in [1.82, 2.24) is 4.98 Å². The van der Waals surface area contributed by atoms with Crippen molar-refractivity contribution >= 4 is 16.9 Å². The van der Waals surface area contributed by atoms with Gasteiger partial charge in [0.25, 0.3) is 0 Å². The Morgan fingerprint density at radius 2 is 2.36 bits per heavy atom. The molecular weight excluding hydrogens is 194 g/mol. The number of carbonyl (C=O) groups is 1. The third-order valence-electron chi connectivity index (χ3n) is 1.46. The highest BCUT2D eigenvalue weighted by Crippen LogP contribution is 2.01. The first-order valence-corrected chi connectivity index (χ1v) is 5.21. The van der Waals surface area contributed by atoms with Gasteiger partial charge < -0.3 is 0 Å². The molecule has 2 nitrogen and oxygen atoms in total. The molecule has 0 aliphatic rings. The molecule has 1 rings (SSSR count). The summed E-state index contributed by atoms with van der Waals surface area (Å²) < 4.78 is 0. The zero-order valence-corrected chi connectivity index (χ0v) is 9.02. The Hall–Kier alpha value is -1.27. The lowest BCUT2D eigenvalue weighted by atomic mass is 10.2. The van der Waals surface area contributed by atoms with Gasteiger partial charge >= 0.3 is 0 Å². The number of nitrogens with zero attached hydrogens (tertiary/aromatic N) is 1. The number of rotatable bonds is 1. The molecule has 0 saturated heterocycles. The van der Waals surface area contributed by atoms with Crippen LogP contribution in [0, 0.1) is 18.8 Å². The van der Waals surface area contributed by atoms with Gasteiger partial charge in [-0.05, 0) is 18.6 Å².